The van der Waals surface area contributed by atoms with E-state index in [1.807, 2.05) is 6.92 Å². The number of carbonyl (C=O) groups excluding carboxylic acids is 1. The van der Waals surface area contributed by atoms with Gasteiger partial charge in [-0.15, -0.1) is 11.3 Å². The molecule has 1 atom stereocenters. The minimum absolute atomic E-state index is 0.0366. The highest BCUT2D eigenvalue weighted by Gasteiger charge is 2.20. The molecule has 2 N–H and O–H groups in total. The molecule has 0 radical (unpaired) electrons. The average Bonchev–Trinajstić information content (AvgIpc) is 2.52. The van der Waals surface area contributed by atoms with Gasteiger partial charge in [-0.2, -0.15) is 0 Å². The van der Waals surface area contributed by atoms with Crippen molar-refractivity contribution in [2.24, 2.45) is 0 Å². The Kier molecular flexibility index (Phi) is 3.72. The summed E-state index contributed by atoms with van der Waals surface area (Å²) in [6.07, 6.45) is 3.49. The number of hydrogen-bond donors (Lipinski definition) is 2. The maximum atomic E-state index is 11.7. The molecule has 1 aliphatic rings. The van der Waals surface area contributed by atoms with E-state index in [0.717, 1.165) is 12.8 Å². The Hall–Kier alpha value is -1.03. The fraction of sp³-hybridized carbons (Fsp3) is 0.615. The van der Waals surface area contributed by atoms with Gasteiger partial charge in [-0.05, 0) is 51.7 Å². The summed E-state index contributed by atoms with van der Waals surface area (Å²) < 4.78 is 0. The Morgan fingerprint density at radius 1 is 1.47 bits per heavy atom. The third kappa shape index (κ3) is 3.00. The first-order valence-corrected chi connectivity index (χ1v) is 7.02. The van der Waals surface area contributed by atoms with E-state index in [0.29, 0.717) is 6.04 Å². The Bertz CT molecular complexity index is 410. The lowest BCUT2D eigenvalue weighted by Crippen LogP contribution is -2.45. The van der Waals surface area contributed by atoms with Crippen molar-refractivity contribution in [1.29, 1.82) is 0 Å². The molecule has 0 saturated heterocycles. The summed E-state index contributed by atoms with van der Waals surface area (Å²) in [5.74, 6) is 0. The van der Waals surface area contributed by atoms with Gasteiger partial charge in [0.1, 0.15) is 0 Å². The van der Waals surface area contributed by atoms with Crippen molar-refractivity contribution in [2.75, 3.05) is 0 Å². The van der Waals surface area contributed by atoms with E-state index < -0.39 is 0 Å². The minimum Gasteiger partial charge on any atom is -0.335 e. The molecule has 17 heavy (non-hydrogen) atoms. The molecule has 0 bridgehead atoms. The number of aryl methyl sites for hydroxylation is 2. The molecule has 1 saturated carbocycles. The van der Waals surface area contributed by atoms with Gasteiger partial charge >= 0.3 is 6.03 Å². The van der Waals surface area contributed by atoms with Crippen molar-refractivity contribution in [3.8, 4) is 0 Å². The van der Waals surface area contributed by atoms with Crippen LogP contribution in [0.1, 0.15) is 47.5 Å². The second kappa shape index (κ2) is 5.08. The molecule has 3 nitrogen and oxygen atoms in total. The Labute approximate surface area is 107 Å². The van der Waals surface area contributed by atoms with Gasteiger partial charge in [0.25, 0.3) is 0 Å². The minimum atomic E-state index is -0.0366. The number of urea groups is 1. The zero-order valence-corrected chi connectivity index (χ0v) is 11.5. The number of amides is 2. The third-order valence-corrected chi connectivity index (χ3v) is 4.32. The lowest BCUT2D eigenvalue weighted by atomic mass is 9.93. The first-order valence-electron chi connectivity index (χ1n) is 6.20. The smallest absolute Gasteiger partial charge is 0.315 e. The van der Waals surface area contributed by atoms with Crippen molar-refractivity contribution < 1.29 is 4.79 Å². The average molecular weight is 252 g/mol. The molecular weight excluding hydrogens is 232 g/mol. The van der Waals surface area contributed by atoms with E-state index in [1.54, 1.807) is 11.3 Å². The fourth-order valence-corrected chi connectivity index (χ4v) is 3.16. The van der Waals surface area contributed by atoms with E-state index in [2.05, 4.69) is 30.5 Å². The molecule has 1 heterocycles. The molecule has 1 aliphatic carbocycles. The first kappa shape index (κ1) is 12.4. The molecule has 1 aromatic heterocycles. The molecule has 94 valence electrons. The van der Waals surface area contributed by atoms with E-state index in [1.165, 1.54) is 21.7 Å². The number of hydrogen-bond acceptors (Lipinski definition) is 2. The van der Waals surface area contributed by atoms with E-state index in [9.17, 15) is 4.79 Å². The largest absolute Gasteiger partial charge is 0.335 e. The number of nitrogens with one attached hydrogen (secondary N) is 2. The van der Waals surface area contributed by atoms with Gasteiger partial charge in [0.15, 0.2) is 0 Å². The van der Waals surface area contributed by atoms with Crippen LogP contribution < -0.4 is 10.6 Å². The van der Waals surface area contributed by atoms with Gasteiger partial charge in [0.05, 0.1) is 6.04 Å². The second-order valence-electron chi connectivity index (χ2n) is 4.84. The summed E-state index contributed by atoms with van der Waals surface area (Å²) in [4.78, 5) is 14.3. The molecule has 1 unspecified atom stereocenters. The maximum absolute atomic E-state index is 11.7. The van der Waals surface area contributed by atoms with Crippen molar-refractivity contribution in [3.05, 3.63) is 21.4 Å². The number of rotatable bonds is 3. The summed E-state index contributed by atoms with van der Waals surface area (Å²) in [6, 6.07) is 2.60. The van der Waals surface area contributed by atoms with Crippen LogP contribution in [0.3, 0.4) is 0 Å². The van der Waals surface area contributed by atoms with Crippen molar-refractivity contribution >= 4 is 17.4 Å². The Morgan fingerprint density at radius 3 is 2.65 bits per heavy atom. The highest BCUT2D eigenvalue weighted by Crippen LogP contribution is 2.26. The summed E-state index contributed by atoms with van der Waals surface area (Å²) >= 11 is 1.78. The molecule has 1 aromatic rings. The van der Waals surface area contributed by atoms with Crippen LogP contribution >= 0.6 is 11.3 Å². The normalized spacial score (nSPS) is 17.4. The lowest BCUT2D eigenvalue weighted by Gasteiger charge is -2.27. The van der Waals surface area contributed by atoms with Gasteiger partial charge in [0, 0.05) is 15.8 Å². The summed E-state index contributed by atoms with van der Waals surface area (Å²) in [5.41, 5.74) is 1.23. The van der Waals surface area contributed by atoms with Crippen LogP contribution in [0.4, 0.5) is 4.79 Å². The molecule has 1 fully saturated rings. The van der Waals surface area contributed by atoms with Crippen molar-refractivity contribution in [3.63, 3.8) is 0 Å². The fourth-order valence-electron chi connectivity index (χ4n) is 2.13. The highest BCUT2D eigenvalue weighted by molar-refractivity contribution is 7.12. The predicted octanol–water partition coefficient (Wildman–Crippen LogP) is 3.28. The molecule has 0 spiro atoms. The molecular formula is C13H20N2OS. The monoisotopic (exact) mass is 252 g/mol. The predicted molar refractivity (Wildman–Crippen MR) is 71.5 cm³/mol. The highest BCUT2D eigenvalue weighted by atomic mass is 32.1. The quantitative estimate of drug-likeness (QED) is 0.851. The summed E-state index contributed by atoms with van der Waals surface area (Å²) in [6.45, 7) is 6.24. The Balaban J connectivity index is 1.89. The Morgan fingerprint density at radius 2 is 2.18 bits per heavy atom. The standard InChI is InChI=1S/C13H20N2OS/c1-8-7-12(10(3)17-8)9(2)14-13(16)15-11-5-4-6-11/h7,9,11H,4-6H2,1-3H3,(H2,14,15,16). The van der Waals surface area contributed by atoms with Crippen LogP contribution in [0.5, 0.6) is 0 Å². The van der Waals surface area contributed by atoms with Gasteiger partial charge in [-0.3, -0.25) is 0 Å². The van der Waals surface area contributed by atoms with Crippen LogP contribution in [-0.2, 0) is 0 Å². The zero-order chi connectivity index (χ0) is 12.4. The van der Waals surface area contributed by atoms with Crippen LogP contribution in [0, 0.1) is 13.8 Å². The maximum Gasteiger partial charge on any atom is 0.315 e. The van der Waals surface area contributed by atoms with Crippen molar-refractivity contribution in [1.82, 2.24) is 10.6 Å². The topological polar surface area (TPSA) is 41.1 Å². The van der Waals surface area contributed by atoms with Gasteiger partial charge in [-0.25, -0.2) is 4.79 Å². The molecule has 4 heteroatoms. The third-order valence-electron chi connectivity index (χ3n) is 3.33. The van der Waals surface area contributed by atoms with Crippen LogP contribution in [0.25, 0.3) is 0 Å². The van der Waals surface area contributed by atoms with Gasteiger partial charge < -0.3 is 10.6 Å². The lowest BCUT2D eigenvalue weighted by molar-refractivity contribution is 0.225. The molecule has 0 aromatic carbocycles. The SMILES string of the molecule is Cc1cc(C(C)NC(=O)NC2CCC2)c(C)s1. The van der Waals surface area contributed by atoms with E-state index in [4.69, 9.17) is 0 Å². The first-order chi connectivity index (χ1) is 8.06. The van der Waals surface area contributed by atoms with Gasteiger partial charge in [-0.1, -0.05) is 0 Å². The molecule has 2 rings (SSSR count). The van der Waals surface area contributed by atoms with Gasteiger partial charge in [0.2, 0.25) is 0 Å². The summed E-state index contributed by atoms with van der Waals surface area (Å²) in [7, 11) is 0. The second-order valence-corrected chi connectivity index (χ2v) is 6.30. The number of carbonyl (C=O) groups is 1. The van der Waals surface area contributed by atoms with E-state index in [-0.39, 0.29) is 12.1 Å². The van der Waals surface area contributed by atoms with Crippen molar-refractivity contribution in [2.45, 2.75) is 52.1 Å². The zero-order valence-electron chi connectivity index (χ0n) is 10.7. The summed E-state index contributed by atoms with van der Waals surface area (Å²) in [5, 5.41) is 6.00. The van der Waals surface area contributed by atoms with E-state index >= 15 is 0 Å². The van der Waals surface area contributed by atoms with Crippen LogP contribution in [0.15, 0.2) is 6.07 Å². The number of thiophene rings is 1. The van der Waals surface area contributed by atoms with Crippen LogP contribution in [-0.4, -0.2) is 12.1 Å². The van der Waals surface area contributed by atoms with Crippen LogP contribution in [0.2, 0.25) is 0 Å². The molecule has 0 aliphatic heterocycles. The molecule has 2 amide bonds.